The number of carbonyl (C=O) groups is 2. The van der Waals surface area contributed by atoms with E-state index in [2.05, 4.69) is 25.9 Å². The number of hydrogen-bond acceptors (Lipinski definition) is 6. The van der Waals surface area contributed by atoms with Gasteiger partial charge >= 0.3 is 0 Å². The first-order valence-corrected chi connectivity index (χ1v) is 12.3. The molecule has 178 valence electrons. The molecule has 1 aliphatic heterocycles. The molecule has 4 heterocycles. The minimum atomic E-state index is -0.177. The monoisotopic (exact) mass is 487 g/mol. The summed E-state index contributed by atoms with van der Waals surface area (Å²) in [6.07, 6.45) is 7.81. The molecule has 1 aliphatic rings. The summed E-state index contributed by atoms with van der Waals surface area (Å²) in [7, 11) is 1.89. The third-order valence-electron chi connectivity index (χ3n) is 5.84. The van der Waals surface area contributed by atoms with Crippen LogP contribution in [0.1, 0.15) is 40.5 Å². The first-order chi connectivity index (χ1) is 17.0. The summed E-state index contributed by atoms with van der Waals surface area (Å²) in [5.41, 5.74) is 7.51. The van der Waals surface area contributed by atoms with Crippen molar-refractivity contribution in [3.05, 3.63) is 83.6 Å². The minimum Gasteiger partial charge on any atom is -0.348 e. The summed E-state index contributed by atoms with van der Waals surface area (Å²) in [6.45, 7) is 2.37. The summed E-state index contributed by atoms with van der Waals surface area (Å²) >= 11 is 1.63. The van der Waals surface area contributed by atoms with Crippen molar-refractivity contribution >= 4 is 34.9 Å². The lowest BCUT2D eigenvalue weighted by molar-refractivity contribution is -0.121. The summed E-state index contributed by atoms with van der Waals surface area (Å²) in [4.78, 5) is 30.1. The first kappa shape index (κ1) is 22.9. The van der Waals surface area contributed by atoms with Gasteiger partial charge in [0.2, 0.25) is 5.91 Å². The van der Waals surface area contributed by atoms with E-state index < -0.39 is 0 Å². The second kappa shape index (κ2) is 9.75. The van der Waals surface area contributed by atoms with Gasteiger partial charge in [0.1, 0.15) is 5.65 Å². The van der Waals surface area contributed by atoms with Crippen molar-refractivity contribution in [1.82, 2.24) is 29.9 Å². The number of fused-ring (bicyclic) bond motifs is 1. The maximum atomic E-state index is 13.0. The number of amides is 2. The number of carbonyl (C=O) groups excluding carboxylic acids is 2. The highest BCUT2D eigenvalue weighted by Gasteiger charge is 2.25. The quantitative estimate of drug-likeness (QED) is 0.390. The van der Waals surface area contributed by atoms with Gasteiger partial charge in [-0.25, -0.2) is 10.4 Å². The van der Waals surface area contributed by atoms with Crippen LogP contribution in [0.2, 0.25) is 0 Å². The first-order valence-electron chi connectivity index (χ1n) is 11.3. The number of nitrogens with one attached hydrogen (secondary N) is 2. The highest BCUT2D eigenvalue weighted by Crippen LogP contribution is 2.30. The molecular weight excluding hydrogens is 462 g/mol. The Hall–Kier alpha value is -3.92. The Kier molecular flexibility index (Phi) is 6.37. The van der Waals surface area contributed by atoms with Gasteiger partial charge in [-0.1, -0.05) is 6.92 Å². The Morgan fingerprint density at radius 1 is 1.20 bits per heavy atom. The molecule has 5 rings (SSSR count). The molecule has 10 heteroatoms. The third-order valence-corrected chi connectivity index (χ3v) is 6.94. The molecule has 1 aromatic carbocycles. The molecule has 0 saturated carbocycles. The number of thioether (sulfide) groups is 1. The van der Waals surface area contributed by atoms with E-state index in [-0.39, 0.29) is 17.7 Å². The van der Waals surface area contributed by atoms with Crippen LogP contribution in [0, 0.1) is 5.92 Å². The fourth-order valence-corrected chi connectivity index (χ4v) is 4.96. The number of aromatic nitrogens is 4. The number of aryl methyl sites for hydroxylation is 1. The van der Waals surface area contributed by atoms with Crippen LogP contribution in [0.15, 0.2) is 71.2 Å². The number of hydrazone groups is 1. The predicted molar refractivity (Wildman–Crippen MR) is 134 cm³/mol. The molecule has 2 N–H and O–H groups in total. The zero-order valence-corrected chi connectivity index (χ0v) is 20.2. The summed E-state index contributed by atoms with van der Waals surface area (Å²) < 4.78 is 3.70. The van der Waals surface area contributed by atoms with E-state index in [9.17, 15) is 9.59 Å². The van der Waals surface area contributed by atoms with E-state index in [4.69, 9.17) is 0 Å². The second-order valence-electron chi connectivity index (χ2n) is 8.53. The molecule has 0 fully saturated rings. The Balaban J connectivity index is 1.37. The molecule has 1 atom stereocenters. The van der Waals surface area contributed by atoms with Crippen LogP contribution in [-0.4, -0.2) is 36.7 Å². The van der Waals surface area contributed by atoms with Gasteiger partial charge in [0.05, 0.1) is 11.4 Å². The number of pyridine rings is 1. The smallest absolute Gasteiger partial charge is 0.251 e. The van der Waals surface area contributed by atoms with Crippen LogP contribution >= 0.6 is 11.8 Å². The van der Waals surface area contributed by atoms with Gasteiger partial charge in [-0.15, -0.1) is 11.8 Å². The maximum Gasteiger partial charge on any atom is 0.251 e. The molecule has 2 amide bonds. The van der Waals surface area contributed by atoms with E-state index in [1.807, 2.05) is 73.4 Å². The Morgan fingerprint density at radius 2 is 2.09 bits per heavy atom. The van der Waals surface area contributed by atoms with Crippen LogP contribution in [0.5, 0.6) is 0 Å². The zero-order chi connectivity index (χ0) is 24.4. The largest absolute Gasteiger partial charge is 0.348 e. The van der Waals surface area contributed by atoms with E-state index in [1.165, 1.54) is 0 Å². The molecule has 35 heavy (non-hydrogen) atoms. The van der Waals surface area contributed by atoms with Crippen molar-refractivity contribution in [2.24, 2.45) is 18.1 Å². The average Bonchev–Trinajstić information content (AvgIpc) is 3.49. The number of nitrogens with zero attached hydrogens (tertiary/aromatic N) is 5. The van der Waals surface area contributed by atoms with Crippen LogP contribution in [-0.2, 0) is 24.1 Å². The predicted octanol–water partition coefficient (Wildman–Crippen LogP) is 3.15. The van der Waals surface area contributed by atoms with Crippen LogP contribution < -0.4 is 10.7 Å². The van der Waals surface area contributed by atoms with Gasteiger partial charge in [0.15, 0.2) is 0 Å². The molecular formula is C25H25N7O2S. The van der Waals surface area contributed by atoms with Gasteiger partial charge in [0, 0.05) is 72.5 Å². The maximum absolute atomic E-state index is 13.0. The lowest BCUT2D eigenvalue weighted by Crippen LogP contribution is -2.32. The normalized spacial score (nSPS) is 15.7. The standard InChI is InChI=1S/C25H25N7O2S/c1-16-11-23(33)28-29-24(16)20-13-18(3-4-21(20)35-15-19-6-8-31(2)30-19)25(34)27-14-17-5-9-32-10-7-26-22(32)12-17/h3-10,12-13,16H,11,14-15H2,1-2H3,(H,27,34)(H,28,33). The highest BCUT2D eigenvalue weighted by molar-refractivity contribution is 7.98. The summed E-state index contributed by atoms with van der Waals surface area (Å²) in [6, 6.07) is 11.5. The van der Waals surface area contributed by atoms with E-state index in [0.29, 0.717) is 24.3 Å². The van der Waals surface area contributed by atoms with Gasteiger partial charge < -0.3 is 9.72 Å². The topological polar surface area (TPSA) is 106 Å². The van der Waals surface area contributed by atoms with Crippen LogP contribution in [0.3, 0.4) is 0 Å². The lowest BCUT2D eigenvalue weighted by Gasteiger charge is -2.21. The lowest BCUT2D eigenvalue weighted by atomic mass is 9.93. The molecule has 0 bridgehead atoms. The average molecular weight is 488 g/mol. The molecule has 9 nitrogen and oxygen atoms in total. The molecule has 0 radical (unpaired) electrons. The fraction of sp³-hybridized carbons (Fsp3) is 0.240. The Labute approximate surface area is 206 Å². The van der Waals surface area contributed by atoms with Crippen molar-refractivity contribution < 1.29 is 9.59 Å². The van der Waals surface area contributed by atoms with E-state index in [0.717, 1.165) is 33.1 Å². The van der Waals surface area contributed by atoms with Crippen molar-refractivity contribution in [2.75, 3.05) is 0 Å². The molecule has 4 aromatic rings. The second-order valence-corrected chi connectivity index (χ2v) is 9.55. The van der Waals surface area contributed by atoms with E-state index in [1.54, 1.807) is 22.6 Å². The van der Waals surface area contributed by atoms with Gasteiger partial charge in [-0.2, -0.15) is 10.2 Å². The van der Waals surface area contributed by atoms with E-state index >= 15 is 0 Å². The number of hydrogen-bond donors (Lipinski definition) is 2. The SMILES string of the molecule is CC1CC(=O)NN=C1c1cc(C(=O)NCc2ccn3ccnc3c2)ccc1SCc1ccn(C)n1. The van der Waals surface area contributed by atoms with Crippen molar-refractivity contribution in [2.45, 2.75) is 30.5 Å². The molecule has 1 unspecified atom stereocenters. The highest BCUT2D eigenvalue weighted by atomic mass is 32.2. The van der Waals surface area contributed by atoms with Crippen LogP contribution in [0.25, 0.3) is 5.65 Å². The Morgan fingerprint density at radius 3 is 2.89 bits per heavy atom. The third kappa shape index (κ3) is 5.12. The van der Waals surface area contributed by atoms with Gasteiger partial charge in [-0.05, 0) is 42.0 Å². The van der Waals surface area contributed by atoms with Gasteiger partial charge in [0.25, 0.3) is 5.91 Å². The minimum absolute atomic E-state index is 0.0578. The van der Waals surface area contributed by atoms with Crippen molar-refractivity contribution in [1.29, 1.82) is 0 Å². The molecule has 3 aromatic heterocycles. The zero-order valence-electron chi connectivity index (χ0n) is 19.4. The fourth-order valence-electron chi connectivity index (χ4n) is 4.01. The van der Waals surface area contributed by atoms with Crippen molar-refractivity contribution in [3.63, 3.8) is 0 Å². The molecule has 0 aliphatic carbocycles. The molecule has 0 saturated heterocycles. The van der Waals surface area contributed by atoms with Crippen molar-refractivity contribution in [3.8, 4) is 0 Å². The summed E-state index contributed by atoms with van der Waals surface area (Å²) in [5.74, 6) is 0.345. The number of benzene rings is 1. The number of rotatable bonds is 7. The Bertz CT molecular complexity index is 1440. The molecule has 0 spiro atoms. The number of imidazole rings is 1. The summed E-state index contributed by atoms with van der Waals surface area (Å²) in [5, 5.41) is 11.8. The van der Waals surface area contributed by atoms with Gasteiger partial charge in [-0.3, -0.25) is 14.3 Å². The van der Waals surface area contributed by atoms with Crippen LogP contribution in [0.4, 0.5) is 0 Å².